The Balaban J connectivity index is 1.86. The summed E-state index contributed by atoms with van der Waals surface area (Å²) < 4.78 is 36.1. The number of rotatable bonds is 7. The summed E-state index contributed by atoms with van der Waals surface area (Å²) in [6, 6.07) is 12.0. The normalized spacial score (nSPS) is 10.9. The van der Waals surface area contributed by atoms with E-state index in [1.165, 1.54) is 17.1 Å². The monoisotopic (exact) mass is 458 g/mol. The molecular weight excluding hydrogens is 440 g/mol. The van der Waals surface area contributed by atoms with Crippen LogP contribution in [0.15, 0.2) is 66.0 Å². The number of para-hydroxylation sites is 1. The van der Waals surface area contributed by atoms with E-state index >= 15 is 0 Å². The summed E-state index contributed by atoms with van der Waals surface area (Å²) in [5.41, 5.74) is 2.42. The van der Waals surface area contributed by atoms with Crippen LogP contribution in [0, 0.1) is 0 Å². The van der Waals surface area contributed by atoms with Crippen LogP contribution < -0.4 is 10.3 Å². The van der Waals surface area contributed by atoms with Gasteiger partial charge in [-0.05, 0) is 30.3 Å². The standard InChI is InChI=1S/C20H18N4O7S/c1-30-19(26)13-8-14(20(27)31-2)10-16(9-13)32(28,29)23-22-18(25)17-11-21-12-24(17)15-6-4-3-5-7-15/h3-12,23H,1-2H3,(H,22,25). The van der Waals surface area contributed by atoms with Crippen molar-refractivity contribution in [3.05, 3.63) is 77.9 Å². The van der Waals surface area contributed by atoms with Crippen LogP contribution in [0.2, 0.25) is 0 Å². The smallest absolute Gasteiger partial charge is 0.337 e. The number of amides is 1. The number of benzene rings is 2. The lowest BCUT2D eigenvalue weighted by molar-refractivity contribution is 0.0598. The number of hydrogen-bond donors (Lipinski definition) is 2. The molecular formula is C20H18N4O7S. The Bertz CT molecular complexity index is 1240. The number of nitrogens with one attached hydrogen (secondary N) is 2. The number of nitrogens with zero attached hydrogens (tertiary/aromatic N) is 2. The molecule has 0 saturated carbocycles. The quantitative estimate of drug-likeness (QED) is 0.395. The van der Waals surface area contributed by atoms with Gasteiger partial charge in [0.1, 0.15) is 5.69 Å². The fourth-order valence-corrected chi connectivity index (χ4v) is 3.63. The van der Waals surface area contributed by atoms with Crippen molar-refractivity contribution >= 4 is 27.9 Å². The highest BCUT2D eigenvalue weighted by atomic mass is 32.2. The van der Waals surface area contributed by atoms with Crippen LogP contribution in [0.25, 0.3) is 5.69 Å². The molecule has 166 valence electrons. The molecule has 2 N–H and O–H groups in total. The predicted molar refractivity (Wildman–Crippen MR) is 110 cm³/mol. The first-order chi connectivity index (χ1) is 15.3. The maximum absolute atomic E-state index is 12.7. The minimum absolute atomic E-state index is 0.0671. The maximum atomic E-state index is 12.7. The van der Waals surface area contributed by atoms with Crippen molar-refractivity contribution in [2.45, 2.75) is 4.90 Å². The average molecular weight is 458 g/mol. The zero-order valence-corrected chi connectivity index (χ0v) is 17.8. The van der Waals surface area contributed by atoms with Crippen molar-refractivity contribution in [3.8, 4) is 5.69 Å². The van der Waals surface area contributed by atoms with Gasteiger partial charge in [-0.25, -0.2) is 23.0 Å². The third-order valence-electron chi connectivity index (χ3n) is 4.26. The highest BCUT2D eigenvalue weighted by Crippen LogP contribution is 2.17. The molecule has 1 heterocycles. The van der Waals surface area contributed by atoms with E-state index in [9.17, 15) is 22.8 Å². The number of carbonyl (C=O) groups excluding carboxylic acids is 3. The molecule has 0 saturated heterocycles. The van der Waals surface area contributed by atoms with E-state index in [0.717, 1.165) is 32.4 Å². The number of imidazole rings is 1. The molecule has 0 aliphatic heterocycles. The van der Waals surface area contributed by atoms with Crippen LogP contribution in [0.4, 0.5) is 0 Å². The fraction of sp³-hybridized carbons (Fsp3) is 0.100. The van der Waals surface area contributed by atoms with Crippen LogP contribution in [0.1, 0.15) is 31.2 Å². The minimum atomic E-state index is -4.38. The molecule has 0 fully saturated rings. The van der Waals surface area contributed by atoms with E-state index < -0.39 is 32.8 Å². The molecule has 0 aliphatic rings. The molecule has 0 bridgehead atoms. The maximum Gasteiger partial charge on any atom is 0.337 e. The van der Waals surface area contributed by atoms with E-state index in [-0.39, 0.29) is 16.8 Å². The average Bonchev–Trinajstić information content (AvgIpc) is 3.32. The summed E-state index contributed by atoms with van der Waals surface area (Å²) in [5.74, 6) is -2.50. The molecule has 1 amide bonds. The summed E-state index contributed by atoms with van der Waals surface area (Å²) in [6.45, 7) is 0. The van der Waals surface area contributed by atoms with Gasteiger partial charge >= 0.3 is 11.9 Å². The number of sulfonamides is 1. The van der Waals surface area contributed by atoms with Gasteiger partial charge < -0.3 is 9.47 Å². The molecule has 0 spiro atoms. The highest BCUT2D eigenvalue weighted by Gasteiger charge is 2.22. The second kappa shape index (κ2) is 9.41. The van der Waals surface area contributed by atoms with Gasteiger partial charge in [-0.2, -0.15) is 0 Å². The van der Waals surface area contributed by atoms with Crippen molar-refractivity contribution in [3.63, 3.8) is 0 Å². The summed E-state index contributed by atoms with van der Waals surface area (Å²) in [7, 11) is -2.17. The fourth-order valence-electron chi connectivity index (χ4n) is 2.72. The Labute approximate surface area is 183 Å². The van der Waals surface area contributed by atoms with Gasteiger partial charge in [0.25, 0.3) is 15.9 Å². The van der Waals surface area contributed by atoms with Crippen molar-refractivity contribution < 1.29 is 32.3 Å². The lowest BCUT2D eigenvalue weighted by Gasteiger charge is -2.12. The van der Waals surface area contributed by atoms with Crippen molar-refractivity contribution in [2.24, 2.45) is 0 Å². The van der Waals surface area contributed by atoms with Crippen LogP contribution in [-0.2, 0) is 19.5 Å². The zero-order chi connectivity index (χ0) is 23.3. The summed E-state index contributed by atoms with van der Waals surface area (Å²) in [4.78, 5) is 41.7. The molecule has 3 rings (SSSR count). The number of hydrogen-bond acceptors (Lipinski definition) is 8. The SMILES string of the molecule is COC(=O)c1cc(C(=O)OC)cc(S(=O)(=O)NNC(=O)c2cncn2-c2ccccc2)c1. The van der Waals surface area contributed by atoms with Crippen molar-refractivity contribution in [1.82, 2.24) is 19.8 Å². The van der Waals surface area contributed by atoms with Gasteiger partial charge in [-0.1, -0.05) is 18.2 Å². The van der Waals surface area contributed by atoms with Gasteiger partial charge in [-0.3, -0.25) is 14.8 Å². The third kappa shape index (κ3) is 4.82. The summed E-state index contributed by atoms with van der Waals surface area (Å²) in [6.07, 6.45) is 2.67. The second-order valence-corrected chi connectivity index (χ2v) is 7.96. The highest BCUT2D eigenvalue weighted by molar-refractivity contribution is 7.89. The molecule has 3 aromatic rings. The molecule has 12 heteroatoms. The van der Waals surface area contributed by atoms with Crippen molar-refractivity contribution in [2.75, 3.05) is 14.2 Å². The van der Waals surface area contributed by atoms with E-state index in [1.54, 1.807) is 30.3 Å². The van der Waals surface area contributed by atoms with E-state index in [4.69, 9.17) is 0 Å². The Morgan fingerprint density at radius 2 is 1.53 bits per heavy atom. The molecule has 0 aliphatic carbocycles. The van der Waals surface area contributed by atoms with Crippen molar-refractivity contribution in [1.29, 1.82) is 0 Å². The molecule has 2 aromatic carbocycles. The Kier molecular flexibility index (Phi) is 6.66. The topological polar surface area (TPSA) is 146 Å². The first kappa shape index (κ1) is 22.7. The molecule has 0 unspecified atom stereocenters. The first-order valence-corrected chi connectivity index (χ1v) is 10.5. The van der Waals surface area contributed by atoms with E-state index in [2.05, 4.69) is 19.9 Å². The van der Waals surface area contributed by atoms with E-state index in [1.807, 2.05) is 4.83 Å². The third-order valence-corrected chi connectivity index (χ3v) is 5.49. The zero-order valence-electron chi connectivity index (χ0n) is 16.9. The molecule has 0 radical (unpaired) electrons. The number of carbonyl (C=O) groups is 3. The van der Waals surface area contributed by atoms with Gasteiger partial charge in [0.15, 0.2) is 0 Å². The summed E-state index contributed by atoms with van der Waals surface area (Å²) >= 11 is 0. The largest absolute Gasteiger partial charge is 0.465 e. The minimum Gasteiger partial charge on any atom is -0.465 e. The first-order valence-electron chi connectivity index (χ1n) is 8.98. The lowest BCUT2D eigenvalue weighted by Crippen LogP contribution is -2.42. The molecule has 32 heavy (non-hydrogen) atoms. The number of aromatic nitrogens is 2. The number of esters is 2. The molecule has 0 atom stereocenters. The number of methoxy groups -OCH3 is 2. The molecule has 1 aromatic heterocycles. The summed E-state index contributed by atoms with van der Waals surface area (Å²) in [5, 5.41) is 0. The van der Waals surface area contributed by atoms with Gasteiger partial charge in [0.2, 0.25) is 0 Å². The van der Waals surface area contributed by atoms with Gasteiger partial charge in [-0.15, -0.1) is 4.83 Å². The van der Waals surface area contributed by atoms with E-state index in [0.29, 0.717) is 5.69 Å². The van der Waals surface area contributed by atoms with Gasteiger partial charge in [0.05, 0.1) is 42.8 Å². The predicted octanol–water partition coefficient (Wildman–Crippen LogP) is 1.07. The Morgan fingerprint density at radius 3 is 2.09 bits per heavy atom. The number of hydrazine groups is 1. The number of ether oxygens (including phenoxy) is 2. The van der Waals surface area contributed by atoms with Crippen LogP contribution >= 0.6 is 0 Å². The Hall–Kier alpha value is -4.03. The Morgan fingerprint density at radius 1 is 0.938 bits per heavy atom. The van der Waals surface area contributed by atoms with Gasteiger partial charge in [0, 0.05) is 5.69 Å². The van der Waals surface area contributed by atoms with Crippen LogP contribution in [0.5, 0.6) is 0 Å². The van der Waals surface area contributed by atoms with Crippen LogP contribution in [-0.4, -0.2) is 50.0 Å². The lowest BCUT2D eigenvalue weighted by atomic mass is 10.1. The second-order valence-electron chi connectivity index (χ2n) is 6.27. The molecule has 11 nitrogen and oxygen atoms in total. The van der Waals surface area contributed by atoms with Crippen LogP contribution in [0.3, 0.4) is 0 Å².